The number of nitrogens with zero attached hydrogens (tertiary/aromatic N) is 2. The second kappa shape index (κ2) is 2.00. The van der Waals surface area contributed by atoms with Gasteiger partial charge >= 0.3 is 0 Å². The largest absolute Gasteiger partial charge is 0.492 e. The number of aromatic nitrogens is 2. The lowest BCUT2D eigenvalue weighted by molar-refractivity contribution is 0.455. The van der Waals surface area contributed by atoms with Gasteiger partial charge in [0.15, 0.2) is 0 Å². The second-order valence-electron chi connectivity index (χ2n) is 3.39. The zero-order chi connectivity index (χ0) is 8.01. The molecule has 3 heteroatoms. The first-order valence-electron chi connectivity index (χ1n) is 3.90. The van der Waals surface area contributed by atoms with Gasteiger partial charge in [-0.2, -0.15) is 4.98 Å². The van der Waals surface area contributed by atoms with E-state index in [2.05, 4.69) is 11.9 Å². The van der Waals surface area contributed by atoms with E-state index in [1.807, 2.05) is 11.6 Å². The van der Waals surface area contributed by atoms with E-state index in [1.54, 1.807) is 6.20 Å². The maximum Gasteiger partial charge on any atom is 0.229 e. The van der Waals surface area contributed by atoms with E-state index in [1.165, 1.54) is 6.42 Å². The highest BCUT2D eigenvalue weighted by atomic mass is 16.3. The van der Waals surface area contributed by atoms with Gasteiger partial charge in [-0.15, -0.1) is 0 Å². The molecule has 3 nitrogen and oxygen atoms in total. The van der Waals surface area contributed by atoms with E-state index in [-0.39, 0.29) is 5.88 Å². The van der Waals surface area contributed by atoms with E-state index < -0.39 is 0 Å². The molecule has 1 fully saturated rings. The van der Waals surface area contributed by atoms with Crippen molar-refractivity contribution in [3.8, 4) is 5.88 Å². The van der Waals surface area contributed by atoms with Gasteiger partial charge in [0.1, 0.15) is 5.82 Å². The Morgan fingerprint density at radius 2 is 2.36 bits per heavy atom. The quantitative estimate of drug-likeness (QED) is 0.657. The minimum Gasteiger partial charge on any atom is -0.492 e. The summed E-state index contributed by atoms with van der Waals surface area (Å²) in [5.74, 6) is 2.49. The van der Waals surface area contributed by atoms with Gasteiger partial charge < -0.3 is 9.67 Å². The SMILES string of the molecule is CC1CC1c1nc(O)cn1C. The second-order valence-corrected chi connectivity index (χ2v) is 3.39. The molecule has 2 atom stereocenters. The lowest BCUT2D eigenvalue weighted by Crippen LogP contribution is -1.94. The van der Waals surface area contributed by atoms with Gasteiger partial charge in [0.05, 0.1) is 6.20 Å². The van der Waals surface area contributed by atoms with Gasteiger partial charge in [-0.05, 0) is 12.3 Å². The molecule has 1 N–H and O–H groups in total. The maximum atomic E-state index is 9.06. The van der Waals surface area contributed by atoms with Crippen LogP contribution in [0.4, 0.5) is 0 Å². The fourth-order valence-electron chi connectivity index (χ4n) is 1.49. The van der Waals surface area contributed by atoms with Gasteiger partial charge in [-0.1, -0.05) is 6.92 Å². The van der Waals surface area contributed by atoms with Crippen LogP contribution in [0.5, 0.6) is 5.88 Å². The van der Waals surface area contributed by atoms with Crippen LogP contribution in [0.3, 0.4) is 0 Å². The summed E-state index contributed by atoms with van der Waals surface area (Å²) < 4.78 is 1.91. The normalized spacial score (nSPS) is 28.9. The van der Waals surface area contributed by atoms with Gasteiger partial charge in [0.2, 0.25) is 5.88 Å². The first-order chi connectivity index (χ1) is 5.18. The molecule has 2 unspecified atom stereocenters. The summed E-state index contributed by atoms with van der Waals surface area (Å²) in [4.78, 5) is 4.04. The van der Waals surface area contributed by atoms with Gasteiger partial charge in [0, 0.05) is 13.0 Å². The van der Waals surface area contributed by atoms with E-state index >= 15 is 0 Å². The van der Waals surface area contributed by atoms with Crippen molar-refractivity contribution < 1.29 is 5.11 Å². The van der Waals surface area contributed by atoms with Crippen molar-refractivity contribution in [1.82, 2.24) is 9.55 Å². The van der Waals surface area contributed by atoms with E-state index in [0.29, 0.717) is 5.92 Å². The minimum atomic E-state index is 0.140. The number of hydrogen-bond donors (Lipinski definition) is 1. The summed E-state index contributed by atoms with van der Waals surface area (Å²) in [5, 5.41) is 9.06. The molecule has 60 valence electrons. The van der Waals surface area contributed by atoms with Crippen LogP contribution in [0.1, 0.15) is 25.1 Å². The summed E-state index contributed by atoms with van der Waals surface area (Å²) >= 11 is 0. The topological polar surface area (TPSA) is 38.1 Å². The van der Waals surface area contributed by atoms with Crippen molar-refractivity contribution in [3.05, 3.63) is 12.0 Å². The molecule has 0 bridgehead atoms. The molecule has 11 heavy (non-hydrogen) atoms. The Labute approximate surface area is 65.7 Å². The average molecular weight is 152 g/mol. The Morgan fingerprint density at radius 1 is 1.73 bits per heavy atom. The number of imidazole rings is 1. The number of aryl methyl sites for hydroxylation is 1. The minimum absolute atomic E-state index is 0.140. The van der Waals surface area contributed by atoms with Crippen molar-refractivity contribution in [2.24, 2.45) is 13.0 Å². The van der Waals surface area contributed by atoms with Crippen molar-refractivity contribution in [3.63, 3.8) is 0 Å². The van der Waals surface area contributed by atoms with Crippen LogP contribution < -0.4 is 0 Å². The van der Waals surface area contributed by atoms with Crippen molar-refractivity contribution in [1.29, 1.82) is 0 Å². The lowest BCUT2D eigenvalue weighted by atomic mass is 10.3. The summed E-state index contributed by atoms with van der Waals surface area (Å²) in [6.07, 6.45) is 2.87. The van der Waals surface area contributed by atoms with E-state index in [0.717, 1.165) is 11.7 Å². The molecule has 1 aromatic heterocycles. The average Bonchev–Trinajstić information content (AvgIpc) is 2.52. The molecule has 1 aliphatic carbocycles. The standard InChI is InChI=1S/C8H12N2O/c1-5-3-6(5)8-9-7(11)4-10(8)2/h4-6,11H,3H2,1-2H3. The fourth-order valence-corrected chi connectivity index (χ4v) is 1.49. The summed E-state index contributed by atoms with van der Waals surface area (Å²) in [7, 11) is 1.92. The highest BCUT2D eigenvalue weighted by molar-refractivity contribution is 5.16. The van der Waals surface area contributed by atoms with Crippen molar-refractivity contribution >= 4 is 0 Å². The first kappa shape index (κ1) is 6.70. The molecule has 1 aromatic rings. The molecule has 0 saturated heterocycles. The Bertz CT molecular complexity index is 280. The maximum absolute atomic E-state index is 9.06. The highest BCUT2D eigenvalue weighted by Crippen LogP contribution is 2.46. The Morgan fingerprint density at radius 3 is 2.73 bits per heavy atom. The predicted molar refractivity (Wildman–Crippen MR) is 41.4 cm³/mol. The summed E-state index contributed by atoms with van der Waals surface area (Å²) in [6, 6.07) is 0. The highest BCUT2D eigenvalue weighted by Gasteiger charge is 2.37. The van der Waals surface area contributed by atoms with Gasteiger partial charge in [-0.25, -0.2) is 0 Å². The predicted octanol–water partition coefficient (Wildman–Crippen LogP) is 1.25. The van der Waals surface area contributed by atoms with E-state index in [9.17, 15) is 0 Å². The van der Waals surface area contributed by atoms with Gasteiger partial charge in [0.25, 0.3) is 0 Å². The van der Waals surface area contributed by atoms with Crippen LogP contribution in [-0.2, 0) is 7.05 Å². The zero-order valence-corrected chi connectivity index (χ0v) is 6.78. The number of aromatic hydroxyl groups is 1. The summed E-state index contributed by atoms with van der Waals surface area (Å²) in [5.41, 5.74) is 0. The monoisotopic (exact) mass is 152 g/mol. The number of rotatable bonds is 1. The number of hydrogen-bond acceptors (Lipinski definition) is 2. The Kier molecular flexibility index (Phi) is 1.22. The third-order valence-electron chi connectivity index (χ3n) is 2.34. The van der Waals surface area contributed by atoms with Crippen LogP contribution in [0.2, 0.25) is 0 Å². The lowest BCUT2D eigenvalue weighted by Gasteiger charge is -1.95. The third kappa shape index (κ3) is 1.00. The molecule has 1 saturated carbocycles. The Balaban J connectivity index is 2.30. The molecule has 2 rings (SSSR count). The molecular weight excluding hydrogens is 140 g/mol. The molecule has 0 amide bonds. The zero-order valence-electron chi connectivity index (χ0n) is 6.78. The van der Waals surface area contributed by atoms with Crippen molar-refractivity contribution in [2.45, 2.75) is 19.3 Å². The first-order valence-corrected chi connectivity index (χ1v) is 3.90. The molecule has 1 aliphatic rings. The van der Waals surface area contributed by atoms with Crippen LogP contribution in [-0.4, -0.2) is 14.7 Å². The Hall–Kier alpha value is -0.990. The summed E-state index contributed by atoms with van der Waals surface area (Å²) in [6.45, 7) is 2.20. The third-order valence-corrected chi connectivity index (χ3v) is 2.34. The van der Waals surface area contributed by atoms with Crippen LogP contribution >= 0.6 is 0 Å². The smallest absolute Gasteiger partial charge is 0.229 e. The molecule has 0 aliphatic heterocycles. The molecule has 0 aromatic carbocycles. The molecular formula is C8H12N2O. The van der Waals surface area contributed by atoms with E-state index in [4.69, 9.17) is 5.11 Å². The van der Waals surface area contributed by atoms with Crippen LogP contribution in [0.15, 0.2) is 6.20 Å². The van der Waals surface area contributed by atoms with Crippen LogP contribution in [0, 0.1) is 5.92 Å². The van der Waals surface area contributed by atoms with Crippen LogP contribution in [0.25, 0.3) is 0 Å². The van der Waals surface area contributed by atoms with Gasteiger partial charge in [-0.3, -0.25) is 0 Å². The molecule has 1 heterocycles. The fraction of sp³-hybridized carbons (Fsp3) is 0.625. The molecule has 0 spiro atoms. The molecule has 0 radical (unpaired) electrons. The van der Waals surface area contributed by atoms with Crippen molar-refractivity contribution in [2.75, 3.05) is 0 Å².